The van der Waals surface area contributed by atoms with E-state index in [0.717, 1.165) is 32.5 Å². The van der Waals surface area contributed by atoms with Gasteiger partial charge in [0.15, 0.2) is 0 Å². The van der Waals surface area contributed by atoms with Crippen LogP contribution in [0.3, 0.4) is 0 Å². The molecule has 0 radical (unpaired) electrons. The number of hydrogen-bond acceptors (Lipinski definition) is 4. The smallest absolute Gasteiger partial charge is 0.255 e. The SMILES string of the molecule is CCN1CCC[C@@H]1[C@H]1CCCN1C(=O)c1ccc(=O)n(CCOC)c1. The van der Waals surface area contributed by atoms with Crippen molar-refractivity contribution in [3.63, 3.8) is 0 Å². The van der Waals surface area contributed by atoms with E-state index in [4.69, 9.17) is 4.74 Å². The van der Waals surface area contributed by atoms with Crippen molar-refractivity contribution in [1.29, 1.82) is 0 Å². The average Bonchev–Trinajstić information content (AvgIpc) is 3.28. The number of likely N-dealkylation sites (N-methyl/N-ethyl adjacent to an activating group) is 1. The molecule has 25 heavy (non-hydrogen) atoms. The Morgan fingerprint density at radius 1 is 1.20 bits per heavy atom. The Bertz CT molecular complexity index is 658. The molecule has 2 atom stereocenters. The van der Waals surface area contributed by atoms with E-state index in [-0.39, 0.29) is 11.5 Å². The van der Waals surface area contributed by atoms with Crippen molar-refractivity contribution in [2.75, 3.05) is 33.4 Å². The molecule has 2 saturated heterocycles. The van der Waals surface area contributed by atoms with Gasteiger partial charge in [0.25, 0.3) is 11.5 Å². The van der Waals surface area contributed by atoms with E-state index in [0.29, 0.717) is 30.8 Å². The number of hydrogen-bond donors (Lipinski definition) is 0. The number of methoxy groups -OCH3 is 1. The Kier molecular flexibility index (Phi) is 5.91. The first-order valence-corrected chi connectivity index (χ1v) is 9.40. The summed E-state index contributed by atoms with van der Waals surface area (Å²) in [6.07, 6.45) is 6.23. The molecule has 2 aliphatic rings. The second-order valence-corrected chi connectivity index (χ2v) is 6.99. The number of aromatic nitrogens is 1. The first-order chi connectivity index (χ1) is 12.2. The van der Waals surface area contributed by atoms with Crippen molar-refractivity contribution in [2.45, 2.75) is 51.2 Å². The molecular formula is C19H29N3O3. The van der Waals surface area contributed by atoms with Gasteiger partial charge in [-0.1, -0.05) is 6.92 Å². The minimum Gasteiger partial charge on any atom is -0.383 e. The lowest BCUT2D eigenvalue weighted by Gasteiger charge is -2.34. The minimum absolute atomic E-state index is 0.0524. The minimum atomic E-state index is -0.0977. The fraction of sp³-hybridized carbons (Fsp3) is 0.684. The number of ether oxygens (including phenoxy) is 1. The fourth-order valence-electron chi connectivity index (χ4n) is 4.31. The number of likely N-dealkylation sites (tertiary alicyclic amines) is 2. The summed E-state index contributed by atoms with van der Waals surface area (Å²) in [7, 11) is 1.61. The molecule has 3 rings (SSSR count). The predicted octanol–water partition coefficient (Wildman–Crippen LogP) is 1.58. The maximum Gasteiger partial charge on any atom is 0.255 e. The molecule has 3 heterocycles. The molecule has 1 amide bonds. The number of carbonyl (C=O) groups is 1. The third-order valence-corrected chi connectivity index (χ3v) is 5.59. The lowest BCUT2D eigenvalue weighted by molar-refractivity contribution is 0.0648. The highest BCUT2D eigenvalue weighted by Gasteiger charge is 2.39. The molecule has 138 valence electrons. The number of rotatable bonds is 6. The van der Waals surface area contributed by atoms with Gasteiger partial charge in [-0.25, -0.2) is 0 Å². The quantitative estimate of drug-likeness (QED) is 0.784. The molecule has 0 saturated carbocycles. The average molecular weight is 347 g/mol. The van der Waals surface area contributed by atoms with Crippen LogP contribution in [0.2, 0.25) is 0 Å². The first-order valence-electron chi connectivity index (χ1n) is 9.40. The zero-order valence-corrected chi connectivity index (χ0v) is 15.3. The van der Waals surface area contributed by atoms with Crippen molar-refractivity contribution in [3.05, 3.63) is 34.2 Å². The van der Waals surface area contributed by atoms with E-state index in [1.165, 1.54) is 18.9 Å². The molecular weight excluding hydrogens is 318 g/mol. The monoisotopic (exact) mass is 347 g/mol. The highest BCUT2D eigenvalue weighted by atomic mass is 16.5. The van der Waals surface area contributed by atoms with Gasteiger partial charge in [-0.3, -0.25) is 14.5 Å². The van der Waals surface area contributed by atoms with Gasteiger partial charge >= 0.3 is 0 Å². The summed E-state index contributed by atoms with van der Waals surface area (Å²) in [6, 6.07) is 3.93. The van der Waals surface area contributed by atoms with E-state index < -0.39 is 0 Å². The van der Waals surface area contributed by atoms with Crippen molar-refractivity contribution in [3.8, 4) is 0 Å². The van der Waals surface area contributed by atoms with Crippen molar-refractivity contribution >= 4 is 5.91 Å². The molecule has 2 aliphatic heterocycles. The first kappa shape index (κ1) is 18.1. The summed E-state index contributed by atoms with van der Waals surface area (Å²) < 4.78 is 6.61. The Balaban J connectivity index is 1.78. The van der Waals surface area contributed by atoms with E-state index in [2.05, 4.69) is 11.8 Å². The van der Waals surface area contributed by atoms with Gasteiger partial charge in [0.2, 0.25) is 0 Å². The second kappa shape index (κ2) is 8.15. The number of carbonyl (C=O) groups excluding carboxylic acids is 1. The summed E-state index contributed by atoms with van der Waals surface area (Å²) in [5, 5.41) is 0. The van der Waals surface area contributed by atoms with E-state index >= 15 is 0 Å². The van der Waals surface area contributed by atoms with Crippen LogP contribution in [0.25, 0.3) is 0 Å². The lowest BCUT2D eigenvalue weighted by atomic mass is 10.0. The van der Waals surface area contributed by atoms with E-state index in [1.54, 1.807) is 23.9 Å². The predicted molar refractivity (Wildman–Crippen MR) is 96.9 cm³/mol. The zero-order valence-electron chi connectivity index (χ0n) is 15.3. The molecule has 6 nitrogen and oxygen atoms in total. The van der Waals surface area contributed by atoms with Gasteiger partial charge in [0.1, 0.15) is 0 Å². The van der Waals surface area contributed by atoms with Gasteiger partial charge in [-0.2, -0.15) is 0 Å². The molecule has 0 N–H and O–H groups in total. The maximum absolute atomic E-state index is 13.1. The van der Waals surface area contributed by atoms with Crippen LogP contribution in [0, 0.1) is 0 Å². The maximum atomic E-state index is 13.1. The van der Waals surface area contributed by atoms with Crippen LogP contribution < -0.4 is 5.56 Å². The van der Waals surface area contributed by atoms with Crippen LogP contribution in [-0.2, 0) is 11.3 Å². The Morgan fingerprint density at radius 2 is 1.96 bits per heavy atom. The van der Waals surface area contributed by atoms with Gasteiger partial charge in [-0.15, -0.1) is 0 Å². The van der Waals surface area contributed by atoms with Gasteiger partial charge in [-0.05, 0) is 44.8 Å². The molecule has 1 aromatic heterocycles. The Morgan fingerprint density at radius 3 is 2.72 bits per heavy atom. The normalized spacial score (nSPS) is 24.2. The van der Waals surface area contributed by atoms with Crippen LogP contribution in [0.5, 0.6) is 0 Å². The Labute approximate surface area is 149 Å². The summed E-state index contributed by atoms with van der Waals surface area (Å²) >= 11 is 0. The van der Waals surface area contributed by atoms with E-state index in [1.807, 2.05) is 4.90 Å². The zero-order chi connectivity index (χ0) is 17.8. The third-order valence-electron chi connectivity index (χ3n) is 5.59. The molecule has 1 aromatic rings. The van der Waals surface area contributed by atoms with Crippen LogP contribution in [0.15, 0.2) is 23.1 Å². The molecule has 0 aromatic carbocycles. The largest absolute Gasteiger partial charge is 0.383 e. The molecule has 0 unspecified atom stereocenters. The molecule has 0 aliphatic carbocycles. The Hall–Kier alpha value is -1.66. The van der Waals surface area contributed by atoms with Crippen LogP contribution in [0.4, 0.5) is 0 Å². The number of nitrogens with zero attached hydrogens (tertiary/aromatic N) is 3. The topological polar surface area (TPSA) is 54.8 Å². The van der Waals surface area contributed by atoms with Gasteiger partial charge < -0.3 is 14.2 Å². The van der Waals surface area contributed by atoms with Gasteiger partial charge in [0.05, 0.1) is 12.2 Å². The van der Waals surface area contributed by atoms with Crippen LogP contribution in [0.1, 0.15) is 43.0 Å². The van der Waals surface area contributed by atoms with Crippen molar-refractivity contribution in [1.82, 2.24) is 14.4 Å². The summed E-state index contributed by atoms with van der Waals surface area (Å²) in [4.78, 5) is 29.6. The van der Waals surface area contributed by atoms with Gasteiger partial charge in [0, 0.05) is 44.5 Å². The van der Waals surface area contributed by atoms with Crippen molar-refractivity contribution in [2.24, 2.45) is 0 Å². The highest BCUT2D eigenvalue weighted by Crippen LogP contribution is 2.30. The van der Waals surface area contributed by atoms with Crippen LogP contribution in [-0.4, -0.2) is 65.7 Å². The molecule has 6 heteroatoms. The van der Waals surface area contributed by atoms with E-state index in [9.17, 15) is 9.59 Å². The lowest BCUT2D eigenvalue weighted by Crippen LogP contribution is -2.48. The van der Waals surface area contributed by atoms with Crippen molar-refractivity contribution < 1.29 is 9.53 Å². The number of pyridine rings is 1. The summed E-state index contributed by atoms with van der Waals surface area (Å²) in [5.41, 5.74) is 0.503. The summed E-state index contributed by atoms with van der Waals surface area (Å²) in [6.45, 7) is 6.12. The third kappa shape index (κ3) is 3.80. The fourth-order valence-corrected chi connectivity index (χ4v) is 4.31. The second-order valence-electron chi connectivity index (χ2n) is 6.99. The summed E-state index contributed by atoms with van der Waals surface area (Å²) in [5.74, 6) is 0.0524. The van der Waals surface area contributed by atoms with Crippen LogP contribution >= 0.6 is 0 Å². The molecule has 0 spiro atoms. The molecule has 0 bridgehead atoms. The molecule has 2 fully saturated rings. The highest BCUT2D eigenvalue weighted by molar-refractivity contribution is 5.94. The number of amides is 1. The standard InChI is InChI=1S/C19H29N3O3/c1-3-20-10-4-6-16(20)17-7-5-11-22(17)19(24)15-8-9-18(23)21(14-15)12-13-25-2/h8-9,14,16-17H,3-7,10-13H2,1-2H3/t16-,17-/m1/s1.